The fourth-order valence-corrected chi connectivity index (χ4v) is 2.18. The highest BCUT2D eigenvalue weighted by Gasteiger charge is 2.19. The molecule has 0 radical (unpaired) electrons. The second-order valence-corrected chi connectivity index (χ2v) is 4.37. The smallest absolute Gasteiger partial charge is 0.387 e. The van der Waals surface area contributed by atoms with E-state index in [0.29, 0.717) is 5.56 Å². The number of nitrogens with two attached hydrogens (primary N) is 1. The Bertz CT molecular complexity index is 575. The molecule has 3 N–H and O–H groups in total. The maximum absolute atomic E-state index is 12.5. The molecule has 0 saturated carbocycles. The second kappa shape index (κ2) is 6.45. The van der Waals surface area contributed by atoms with E-state index in [9.17, 15) is 8.78 Å². The lowest BCUT2D eigenvalue weighted by atomic mass is 9.95. The van der Waals surface area contributed by atoms with Gasteiger partial charge in [-0.1, -0.05) is 42.5 Å². The van der Waals surface area contributed by atoms with Gasteiger partial charge < -0.3 is 4.74 Å². The minimum Gasteiger partial charge on any atom is -0.434 e. The fraction of sp³-hybridized carbons (Fsp3) is 0.200. The molecule has 0 fully saturated rings. The fourth-order valence-electron chi connectivity index (χ4n) is 2.18. The number of alkyl halides is 2. The molecule has 3 nitrogen and oxygen atoms in total. The molecule has 0 bridgehead atoms. The number of hydrogen-bond acceptors (Lipinski definition) is 3. The first-order chi connectivity index (χ1) is 9.63. The van der Waals surface area contributed by atoms with Gasteiger partial charge in [0.2, 0.25) is 0 Å². The Kier molecular flexibility index (Phi) is 4.65. The van der Waals surface area contributed by atoms with Crippen LogP contribution in [0.5, 0.6) is 5.75 Å². The van der Waals surface area contributed by atoms with Gasteiger partial charge in [0, 0.05) is 5.56 Å². The third-order valence-electron chi connectivity index (χ3n) is 3.11. The van der Waals surface area contributed by atoms with Crippen molar-refractivity contribution in [3.63, 3.8) is 0 Å². The van der Waals surface area contributed by atoms with Crippen molar-refractivity contribution in [2.45, 2.75) is 19.6 Å². The van der Waals surface area contributed by atoms with Crippen LogP contribution in [-0.2, 0) is 0 Å². The summed E-state index contributed by atoms with van der Waals surface area (Å²) in [5, 5.41) is 0. The first kappa shape index (κ1) is 14.4. The van der Waals surface area contributed by atoms with Gasteiger partial charge in [0.05, 0.1) is 6.04 Å². The van der Waals surface area contributed by atoms with Gasteiger partial charge in [-0.3, -0.25) is 5.84 Å². The number of ether oxygens (including phenoxy) is 1. The van der Waals surface area contributed by atoms with Crippen molar-refractivity contribution in [2.75, 3.05) is 0 Å². The van der Waals surface area contributed by atoms with E-state index in [1.165, 1.54) is 6.07 Å². The summed E-state index contributed by atoms with van der Waals surface area (Å²) in [5.41, 5.74) is 5.17. The highest BCUT2D eigenvalue weighted by atomic mass is 19.3. The van der Waals surface area contributed by atoms with E-state index in [1.807, 2.05) is 31.2 Å². The van der Waals surface area contributed by atoms with Crippen molar-refractivity contribution in [3.8, 4) is 5.75 Å². The molecule has 2 aromatic carbocycles. The van der Waals surface area contributed by atoms with Gasteiger partial charge in [-0.25, -0.2) is 5.43 Å². The van der Waals surface area contributed by atoms with E-state index in [2.05, 4.69) is 10.2 Å². The molecule has 106 valence electrons. The summed E-state index contributed by atoms with van der Waals surface area (Å²) in [6, 6.07) is 13.8. The molecule has 0 amide bonds. The van der Waals surface area contributed by atoms with Crippen molar-refractivity contribution in [2.24, 2.45) is 5.84 Å². The van der Waals surface area contributed by atoms with Crippen LogP contribution in [0, 0.1) is 6.92 Å². The maximum Gasteiger partial charge on any atom is 0.387 e. The summed E-state index contributed by atoms with van der Waals surface area (Å²) in [7, 11) is 0. The average Bonchev–Trinajstić information content (AvgIpc) is 2.43. The maximum atomic E-state index is 12.5. The third-order valence-corrected chi connectivity index (χ3v) is 3.11. The van der Waals surface area contributed by atoms with Crippen molar-refractivity contribution < 1.29 is 13.5 Å². The van der Waals surface area contributed by atoms with Crippen LogP contribution in [0.2, 0.25) is 0 Å². The first-order valence-electron chi connectivity index (χ1n) is 6.19. The lowest BCUT2D eigenvalue weighted by molar-refractivity contribution is -0.0506. The number of aryl methyl sites for hydroxylation is 1. The number of hydrogen-bond donors (Lipinski definition) is 2. The van der Waals surface area contributed by atoms with Gasteiger partial charge in [-0.05, 0) is 24.1 Å². The molecular weight excluding hydrogens is 262 g/mol. The Morgan fingerprint density at radius 3 is 2.20 bits per heavy atom. The van der Waals surface area contributed by atoms with Crippen LogP contribution in [0.15, 0.2) is 48.5 Å². The van der Waals surface area contributed by atoms with Gasteiger partial charge in [0.1, 0.15) is 5.75 Å². The van der Waals surface area contributed by atoms with Gasteiger partial charge in [-0.2, -0.15) is 8.78 Å². The highest BCUT2D eigenvalue weighted by molar-refractivity contribution is 5.43. The zero-order chi connectivity index (χ0) is 14.5. The van der Waals surface area contributed by atoms with Gasteiger partial charge >= 0.3 is 6.61 Å². The molecule has 0 aliphatic carbocycles. The van der Waals surface area contributed by atoms with Crippen LogP contribution in [0.4, 0.5) is 8.78 Å². The van der Waals surface area contributed by atoms with Crippen molar-refractivity contribution in [3.05, 3.63) is 65.2 Å². The molecule has 1 unspecified atom stereocenters. The summed E-state index contributed by atoms with van der Waals surface area (Å²) < 4.78 is 29.5. The zero-order valence-corrected chi connectivity index (χ0v) is 11.0. The Morgan fingerprint density at radius 2 is 1.60 bits per heavy atom. The number of halogens is 2. The van der Waals surface area contributed by atoms with E-state index in [-0.39, 0.29) is 5.75 Å². The largest absolute Gasteiger partial charge is 0.434 e. The van der Waals surface area contributed by atoms with E-state index >= 15 is 0 Å². The molecule has 5 heteroatoms. The van der Waals surface area contributed by atoms with Crippen LogP contribution in [0.25, 0.3) is 0 Å². The van der Waals surface area contributed by atoms with E-state index in [0.717, 1.165) is 11.1 Å². The predicted octanol–water partition coefficient (Wildman–Crippen LogP) is 3.15. The first-order valence-corrected chi connectivity index (χ1v) is 6.19. The lowest BCUT2D eigenvalue weighted by Gasteiger charge is -2.21. The van der Waals surface area contributed by atoms with Crippen molar-refractivity contribution >= 4 is 0 Å². The monoisotopic (exact) mass is 278 g/mol. The minimum absolute atomic E-state index is 0.119. The van der Waals surface area contributed by atoms with Crippen LogP contribution in [-0.4, -0.2) is 6.61 Å². The Hall–Kier alpha value is -1.98. The number of rotatable bonds is 5. The number of para-hydroxylation sites is 1. The Morgan fingerprint density at radius 1 is 1.00 bits per heavy atom. The predicted molar refractivity (Wildman–Crippen MR) is 73.4 cm³/mol. The summed E-state index contributed by atoms with van der Waals surface area (Å²) in [6.45, 7) is -0.928. The van der Waals surface area contributed by atoms with Gasteiger partial charge in [0.15, 0.2) is 0 Å². The molecule has 0 aromatic heterocycles. The number of benzene rings is 2. The zero-order valence-electron chi connectivity index (χ0n) is 11.0. The summed E-state index contributed by atoms with van der Waals surface area (Å²) in [6.07, 6.45) is 0. The van der Waals surface area contributed by atoms with Crippen LogP contribution in [0.1, 0.15) is 22.7 Å². The Labute approximate surface area is 116 Å². The number of nitrogens with one attached hydrogen (secondary N) is 1. The average molecular weight is 278 g/mol. The van der Waals surface area contributed by atoms with E-state index < -0.39 is 12.7 Å². The minimum atomic E-state index is -2.87. The normalized spacial score (nSPS) is 12.4. The second-order valence-electron chi connectivity index (χ2n) is 4.37. The molecule has 0 aliphatic rings. The molecule has 2 rings (SSSR count). The molecule has 0 aliphatic heterocycles. The highest BCUT2D eigenvalue weighted by Crippen LogP contribution is 2.31. The molecule has 0 spiro atoms. The molecular formula is C15H16F2N2O. The molecule has 0 heterocycles. The van der Waals surface area contributed by atoms with Crippen LogP contribution >= 0.6 is 0 Å². The molecule has 20 heavy (non-hydrogen) atoms. The lowest BCUT2D eigenvalue weighted by Crippen LogP contribution is -2.30. The van der Waals surface area contributed by atoms with E-state index in [1.54, 1.807) is 18.2 Å². The topological polar surface area (TPSA) is 47.3 Å². The van der Waals surface area contributed by atoms with Gasteiger partial charge in [-0.15, -0.1) is 0 Å². The SMILES string of the molecule is Cc1ccccc1C(NN)c1ccccc1OC(F)F. The van der Waals surface area contributed by atoms with Crippen LogP contribution < -0.4 is 16.0 Å². The summed E-state index contributed by atoms with van der Waals surface area (Å²) in [4.78, 5) is 0. The van der Waals surface area contributed by atoms with Crippen LogP contribution in [0.3, 0.4) is 0 Å². The van der Waals surface area contributed by atoms with E-state index in [4.69, 9.17) is 5.84 Å². The molecule has 0 saturated heterocycles. The summed E-state index contributed by atoms with van der Waals surface area (Å²) >= 11 is 0. The standard InChI is InChI=1S/C15H16F2N2O/c1-10-6-2-3-7-11(10)14(19-18)12-8-4-5-9-13(12)20-15(16)17/h2-9,14-15,19H,18H2,1H3. The van der Waals surface area contributed by atoms with Crippen molar-refractivity contribution in [1.29, 1.82) is 0 Å². The van der Waals surface area contributed by atoms with Crippen molar-refractivity contribution in [1.82, 2.24) is 5.43 Å². The number of hydrazine groups is 1. The molecule has 1 atom stereocenters. The third kappa shape index (κ3) is 3.12. The Balaban J connectivity index is 2.45. The quantitative estimate of drug-likeness (QED) is 0.652. The molecule has 2 aromatic rings. The summed E-state index contributed by atoms with van der Waals surface area (Å²) in [5.74, 6) is 5.73. The van der Waals surface area contributed by atoms with Gasteiger partial charge in [0.25, 0.3) is 0 Å².